The number of nitrogens with one attached hydrogen (secondary N) is 2. The van der Waals surface area contributed by atoms with Gasteiger partial charge in [-0.3, -0.25) is 20.3 Å². The maximum Gasteiger partial charge on any atom is 0.337 e. The quantitative estimate of drug-likeness (QED) is 0.0977. The minimum Gasteiger partial charge on any atom is -0.495 e. The van der Waals surface area contributed by atoms with Crippen molar-refractivity contribution in [3.8, 4) is 11.5 Å². The van der Waals surface area contributed by atoms with Crippen molar-refractivity contribution >= 4 is 39.3 Å². The second-order valence-corrected chi connectivity index (χ2v) is 10.3. The molecule has 0 fully saturated rings. The van der Waals surface area contributed by atoms with Gasteiger partial charge in [0.25, 0.3) is 15.7 Å². The molecule has 42 heavy (non-hydrogen) atoms. The summed E-state index contributed by atoms with van der Waals surface area (Å²) in [6.07, 6.45) is 1.43. The Morgan fingerprint density at radius 2 is 1.62 bits per heavy atom. The van der Waals surface area contributed by atoms with Crippen LogP contribution in [0.2, 0.25) is 0 Å². The van der Waals surface area contributed by atoms with Gasteiger partial charge in [0.15, 0.2) is 0 Å². The average Bonchev–Trinajstić information content (AvgIpc) is 3.00. The number of methoxy groups -OCH3 is 2. The molecule has 0 heterocycles. The van der Waals surface area contributed by atoms with Crippen LogP contribution in [0.25, 0.3) is 0 Å². The third-order valence-electron chi connectivity index (χ3n) is 5.89. The van der Waals surface area contributed by atoms with Crippen LogP contribution in [0.4, 0.5) is 17.1 Å². The van der Waals surface area contributed by atoms with E-state index in [1.165, 1.54) is 38.6 Å². The number of esters is 1. The van der Waals surface area contributed by atoms with Crippen molar-refractivity contribution in [2.45, 2.75) is 11.5 Å². The highest BCUT2D eigenvalue weighted by Gasteiger charge is 2.24. The van der Waals surface area contributed by atoms with E-state index in [4.69, 9.17) is 14.2 Å². The minimum atomic E-state index is -4.31. The Morgan fingerprint density at radius 1 is 0.929 bits per heavy atom. The lowest BCUT2D eigenvalue weighted by Crippen LogP contribution is -2.15. The smallest absolute Gasteiger partial charge is 0.337 e. The summed E-state index contributed by atoms with van der Waals surface area (Å²) in [7, 11) is -1.60. The number of hydrazone groups is 1. The number of carbonyl (C=O) groups excluding carboxylic acids is 1. The fourth-order valence-corrected chi connectivity index (χ4v) is 5.02. The summed E-state index contributed by atoms with van der Waals surface area (Å²) >= 11 is 0. The Labute approximate surface area is 241 Å². The Bertz CT molecular complexity index is 1720. The molecular weight excluding hydrogens is 564 g/mol. The average molecular weight is 591 g/mol. The molecule has 0 radical (unpaired) electrons. The Hall–Kier alpha value is -5.43. The van der Waals surface area contributed by atoms with Crippen molar-refractivity contribution in [2.24, 2.45) is 5.10 Å². The monoisotopic (exact) mass is 590 g/mol. The summed E-state index contributed by atoms with van der Waals surface area (Å²) in [5.41, 5.74) is 4.23. The summed E-state index contributed by atoms with van der Waals surface area (Å²) in [6.45, 7) is 0.207. The van der Waals surface area contributed by atoms with Crippen molar-refractivity contribution < 1.29 is 32.3 Å². The first-order valence-electron chi connectivity index (χ1n) is 12.3. The molecule has 13 heteroatoms. The zero-order valence-corrected chi connectivity index (χ0v) is 23.3. The molecule has 2 N–H and O–H groups in total. The topological polar surface area (TPSA) is 158 Å². The number of para-hydroxylation sites is 3. The van der Waals surface area contributed by atoms with Gasteiger partial charge in [0.2, 0.25) is 0 Å². The number of carbonyl (C=O) groups is 1. The van der Waals surface area contributed by atoms with Crippen LogP contribution < -0.4 is 19.6 Å². The van der Waals surface area contributed by atoms with Crippen molar-refractivity contribution in [3.63, 3.8) is 0 Å². The highest BCUT2D eigenvalue weighted by Crippen LogP contribution is 2.31. The molecule has 0 aliphatic rings. The van der Waals surface area contributed by atoms with Crippen molar-refractivity contribution in [2.75, 3.05) is 24.4 Å². The van der Waals surface area contributed by atoms with Crippen LogP contribution >= 0.6 is 0 Å². The number of nitrogens with zero attached hydrogens (tertiary/aromatic N) is 2. The van der Waals surface area contributed by atoms with Gasteiger partial charge in [-0.15, -0.1) is 0 Å². The maximum absolute atomic E-state index is 13.3. The molecule has 0 saturated heterocycles. The van der Waals surface area contributed by atoms with Gasteiger partial charge in [-0.1, -0.05) is 36.4 Å². The van der Waals surface area contributed by atoms with E-state index in [-0.39, 0.29) is 28.6 Å². The predicted molar refractivity (Wildman–Crippen MR) is 157 cm³/mol. The lowest BCUT2D eigenvalue weighted by Gasteiger charge is -2.14. The molecule has 4 rings (SSSR count). The van der Waals surface area contributed by atoms with E-state index in [0.29, 0.717) is 16.9 Å². The number of hydrogen-bond acceptors (Lipinski definition) is 10. The molecule has 4 aromatic rings. The first-order valence-corrected chi connectivity index (χ1v) is 13.8. The molecule has 0 aromatic heterocycles. The molecule has 0 bridgehead atoms. The SMILES string of the molecule is COC(=O)c1ccc(COc2ccccc2/C=N\Nc2ccc([N+](=O)[O-])cc2S(=O)(=O)Nc2ccccc2OC)cc1. The Morgan fingerprint density at radius 3 is 2.31 bits per heavy atom. The third-order valence-corrected chi connectivity index (χ3v) is 7.30. The van der Waals surface area contributed by atoms with Gasteiger partial charge in [-0.05, 0) is 48.0 Å². The zero-order valence-electron chi connectivity index (χ0n) is 22.5. The summed E-state index contributed by atoms with van der Waals surface area (Å²) in [4.78, 5) is 22.0. The summed E-state index contributed by atoms with van der Waals surface area (Å²) in [5, 5.41) is 15.6. The second-order valence-electron chi connectivity index (χ2n) is 8.63. The standard InChI is InChI=1S/C29H26N4O8S/c1-39-27-10-6-4-8-24(27)32-42(37,38)28-17-23(33(35)36)15-16-25(28)31-30-18-22-7-3-5-9-26(22)41-19-20-11-13-21(14-12-20)29(34)40-2/h3-18,31-32H,19H2,1-2H3/b30-18-. The molecular formula is C29H26N4O8S. The van der Waals surface area contributed by atoms with E-state index < -0.39 is 26.6 Å². The minimum absolute atomic E-state index is 0.00310. The molecule has 0 unspecified atom stereocenters. The molecule has 4 aromatic carbocycles. The molecule has 12 nitrogen and oxygen atoms in total. The number of non-ortho nitro benzene ring substituents is 1. The predicted octanol–water partition coefficient (Wildman–Crippen LogP) is 5.22. The van der Waals surface area contributed by atoms with Gasteiger partial charge >= 0.3 is 5.97 Å². The van der Waals surface area contributed by atoms with Crippen LogP contribution in [0.3, 0.4) is 0 Å². The number of hydrogen-bond donors (Lipinski definition) is 2. The van der Waals surface area contributed by atoms with E-state index in [0.717, 1.165) is 11.6 Å². The molecule has 216 valence electrons. The molecule has 0 amide bonds. The Balaban J connectivity index is 1.54. The first kappa shape index (κ1) is 29.6. The zero-order chi connectivity index (χ0) is 30.1. The van der Waals surface area contributed by atoms with Gasteiger partial charge in [-0.25, -0.2) is 13.2 Å². The van der Waals surface area contributed by atoms with E-state index in [9.17, 15) is 23.3 Å². The van der Waals surface area contributed by atoms with E-state index in [1.54, 1.807) is 66.7 Å². The van der Waals surface area contributed by atoms with Crippen LogP contribution in [0.5, 0.6) is 11.5 Å². The number of anilines is 2. The van der Waals surface area contributed by atoms with Crippen LogP contribution in [-0.4, -0.2) is 39.7 Å². The number of nitro benzene ring substituents is 1. The number of nitro groups is 1. The van der Waals surface area contributed by atoms with Crippen LogP contribution in [-0.2, 0) is 21.4 Å². The van der Waals surface area contributed by atoms with Gasteiger partial charge in [-0.2, -0.15) is 5.10 Å². The highest BCUT2D eigenvalue weighted by atomic mass is 32.2. The third kappa shape index (κ3) is 7.20. The molecule has 0 aliphatic carbocycles. The number of rotatable bonds is 12. The fraction of sp³-hybridized carbons (Fsp3) is 0.103. The molecule has 0 saturated carbocycles. The first-order chi connectivity index (χ1) is 20.2. The summed E-state index contributed by atoms with van der Waals surface area (Å²) < 4.78 is 44.9. The van der Waals surface area contributed by atoms with Gasteiger partial charge in [0, 0.05) is 17.7 Å². The second kappa shape index (κ2) is 13.3. The van der Waals surface area contributed by atoms with Gasteiger partial charge in [0.05, 0.1) is 42.3 Å². The molecule has 0 aliphatic heterocycles. The van der Waals surface area contributed by atoms with Crippen molar-refractivity contribution in [3.05, 3.63) is 118 Å². The van der Waals surface area contributed by atoms with Gasteiger partial charge < -0.3 is 14.2 Å². The van der Waals surface area contributed by atoms with Crippen molar-refractivity contribution in [1.82, 2.24) is 0 Å². The van der Waals surface area contributed by atoms with Crippen molar-refractivity contribution in [1.29, 1.82) is 0 Å². The molecule has 0 atom stereocenters. The van der Waals surface area contributed by atoms with E-state index in [1.807, 2.05) is 0 Å². The number of benzene rings is 4. The van der Waals surface area contributed by atoms with Crippen LogP contribution in [0.1, 0.15) is 21.5 Å². The fourth-order valence-electron chi connectivity index (χ4n) is 3.77. The normalized spacial score (nSPS) is 11.1. The largest absolute Gasteiger partial charge is 0.495 e. The van der Waals surface area contributed by atoms with Crippen LogP contribution in [0.15, 0.2) is 101 Å². The van der Waals surface area contributed by atoms with Gasteiger partial charge in [0.1, 0.15) is 23.0 Å². The summed E-state index contributed by atoms with van der Waals surface area (Å²) in [5.74, 6) is 0.334. The maximum atomic E-state index is 13.3. The lowest BCUT2D eigenvalue weighted by molar-refractivity contribution is -0.385. The van der Waals surface area contributed by atoms with E-state index >= 15 is 0 Å². The Kier molecular flexibility index (Phi) is 9.35. The van der Waals surface area contributed by atoms with E-state index in [2.05, 4.69) is 15.2 Å². The number of ether oxygens (including phenoxy) is 3. The lowest BCUT2D eigenvalue weighted by atomic mass is 10.1. The summed E-state index contributed by atoms with van der Waals surface area (Å²) in [6, 6.07) is 23.6. The highest BCUT2D eigenvalue weighted by molar-refractivity contribution is 7.93. The van der Waals surface area contributed by atoms with Crippen LogP contribution in [0, 0.1) is 10.1 Å². The molecule has 0 spiro atoms. The number of sulfonamides is 1.